The molecule has 1 N–H and O–H groups in total. The highest BCUT2D eigenvalue weighted by atomic mass is 79.9. The van der Waals surface area contributed by atoms with E-state index in [2.05, 4.69) is 44.1 Å². The maximum Gasteiger partial charge on any atom is 0.128 e. The van der Waals surface area contributed by atoms with E-state index in [0.29, 0.717) is 6.04 Å². The standard InChI is InChI=1S/C10H14BrN3.2ClH/c1-8-7-14(5-4-12-8)10-3-2-9(11)6-13-10;;/h2-3,6,8,12H,4-5,7H2,1H3;2*1H/t8-;;/m1../s1. The third kappa shape index (κ3) is 4.09. The van der Waals surface area contributed by atoms with E-state index >= 15 is 0 Å². The number of halogens is 3. The molecule has 0 bridgehead atoms. The summed E-state index contributed by atoms with van der Waals surface area (Å²) in [4.78, 5) is 6.70. The summed E-state index contributed by atoms with van der Waals surface area (Å²) < 4.78 is 1.03. The van der Waals surface area contributed by atoms with Gasteiger partial charge in [0.25, 0.3) is 0 Å². The van der Waals surface area contributed by atoms with Crippen LogP contribution in [0.1, 0.15) is 6.92 Å². The van der Waals surface area contributed by atoms with Crippen LogP contribution in [-0.2, 0) is 0 Å². The van der Waals surface area contributed by atoms with Gasteiger partial charge in [0.1, 0.15) is 5.82 Å². The van der Waals surface area contributed by atoms with Crippen LogP contribution in [-0.4, -0.2) is 30.7 Å². The third-order valence-corrected chi connectivity index (χ3v) is 2.87. The normalized spacial score (nSPS) is 19.6. The number of hydrogen-bond acceptors (Lipinski definition) is 3. The lowest BCUT2D eigenvalue weighted by molar-refractivity contribution is 0.482. The van der Waals surface area contributed by atoms with E-state index in [4.69, 9.17) is 0 Å². The molecule has 1 aliphatic rings. The van der Waals surface area contributed by atoms with Crippen molar-refractivity contribution in [3.63, 3.8) is 0 Å². The first-order valence-corrected chi connectivity index (χ1v) is 5.65. The number of pyridine rings is 1. The summed E-state index contributed by atoms with van der Waals surface area (Å²) >= 11 is 3.39. The minimum atomic E-state index is 0. The Morgan fingerprint density at radius 1 is 1.44 bits per heavy atom. The van der Waals surface area contributed by atoms with Crippen molar-refractivity contribution >= 4 is 46.6 Å². The van der Waals surface area contributed by atoms with Gasteiger partial charge in [-0.25, -0.2) is 4.98 Å². The zero-order valence-electron chi connectivity index (χ0n) is 9.02. The second-order valence-corrected chi connectivity index (χ2v) is 4.55. The summed E-state index contributed by atoms with van der Waals surface area (Å²) in [5.41, 5.74) is 0. The van der Waals surface area contributed by atoms with Gasteiger partial charge in [-0.1, -0.05) is 0 Å². The summed E-state index contributed by atoms with van der Waals surface area (Å²) in [5.74, 6) is 1.07. The number of aromatic nitrogens is 1. The predicted octanol–water partition coefficient (Wildman–Crippen LogP) is 2.49. The van der Waals surface area contributed by atoms with Crippen LogP contribution in [0.4, 0.5) is 5.82 Å². The van der Waals surface area contributed by atoms with Crippen LogP contribution in [0.15, 0.2) is 22.8 Å². The Hall–Kier alpha value is -0.0300. The molecule has 6 heteroatoms. The largest absolute Gasteiger partial charge is 0.354 e. The molecule has 0 unspecified atom stereocenters. The van der Waals surface area contributed by atoms with Crippen molar-refractivity contribution in [2.75, 3.05) is 24.5 Å². The summed E-state index contributed by atoms with van der Waals surface area (Å²) in [6.07, 6.45) is 1.85. The Labute approximate surface area is 117 Å². The van der Waals surface area contributed by atoms with Crippen LogP contribution in [0.25, 0.3) is 0 Å². The Bertz CT molecular complexity index is 307. The average molecular weight is 329 g/mol. The molecule has 0 spiro atoms. The van der Waals surface area contributed by atoms with Gasteiger partial charge in [-0.2, -0.15) is 0 Å². The zero-order chi connectivity index (χ0) is 9.97. The van der Waals surface area contributed by atoms with E-state index < -0.39 is 0 Å². The summed E-state index contributed by atoms with van der Waals surface area (Å²) in [7, 11) is 0. The fourth-order valence-corrected chi connectivity index (χ4v) is 1.93. The molecular formula is C10H16BrCl2N3. The van der Waals surface area contributed by atoms with E-state index in [0.717, 1.165) is 29.9 Å². The molecule has 1 fully saturated rings. The lowest BCUT2D eigenvalue weighted by Gasteiger charge is -2.32. The molecule has 0 amide bonds. The Morgan fingerprint density at radius 3 is 2.75 bits per heavy atom. The van der Waals surface area contributed by atoms with Gasteiger partial charge in [0.2, 0.25) is 0 Å². The van der Waals surface area contributed by atoms with Gasteiger partial charge in [-0.15, -0.1) is 24.8 Å². The number of nitrogens with zero attached hydrogens (tertiary/aromatic N) is 2. The zero-order valence-corrected chi connectivity index (χ0v) is 12.2. The highest BCUT2D eigenvalue weighted by Gasteiger charge is 2.16. The first kappa shape index (κ1) is 16.0. The summed E-state index contributed by atoms with van der Waals surface area (Å²) in [6.45, 7) is 5.32. The summed E-state index contributed by atoms with van der Waals surface area (Å²) in [5, 5.41) is 3.41. The van der Waals surface area contributed by atoms with Crippen molar-refractivity contribution in [2.45, 2.75) is 13.0 Å². The number of anilines is 1. The highest BCUT2D eigenvalue weighted by molar-refractivity contribution is 9.10. The van der Waals surface area contributed by atoms with Gasteiger partial charge in [0.05, 0.1) is 0 Å². The Morgan fingerprint density at radius 2 is 2.19 bits per heavy atom. The van der Waals surface area contributed by atoms with E-state index in [1.165, 1.54) is 0 Å². The van der Waals surface area contributed by atoms with Crippen molar-refractivity contribution in [1.82, 2.24) is 10.3 Å². The molecule has 0 saturated carbocycles. The minimum Gasteiger partial charge on any atom is -0.354 e. The van der Waals surface area contributed by atoms with Crippen LogP contribution < -0.4 is 10.2 Å². The second kappa shape index (κ2) is 7.33. The number of rotatable bonds is 1. The molecular weight excluding hydrogens is 313 g/mol. The summed E-state index contributed by atoms with van der Waals surface area (Å²) in [6, 6.07) is 4.64. The lowest BCUT2D eigenvalue weighted by atomic mass is 10.2. The van der Waals surface area contributed by atoms with Crippen molar-refractivity contribution in [3.05, 3.63) is 22.8 Å². The fourth-order valence-electron chi connectivity index (χ4n) is 1.70. The van der Waals surface area contributed by atoms with Crippen LogP contribution in [0.2, 0.25) is 0 Å². The maximum absolute atomic E-state index is 4.39. The second-order valence-electron chi connectivity index (χ2n) is 3.64. The third-order valence-electron chi connectivity index (χ3n) is 2.40. The molecule has 1 atom stereocenters. The van der Waals surface area contributed by atoms with E-state index in [1.54, 1.807) is 0 Å². The number of hydrogen-bond donors (Lipinski definition) is 1. The van der Waals surface area contributed by atoms with Crippen molar-refractivity contribution in [3.8, 4) is 0 Å². The minimum absolute atomic E-state index is 0. The van der Waals surface area contributed by atoms with Gasteiger partial charge >= 0.3 is 0 Å². The maximum atomic E-state index is 4.39. The molecule has 2 heterocycles. The molecule has 1 saturated heterocycles. The molecule has 0 aliphatic carbocycles. The quantitative estimate of drug-likeness (QED) is 0.858. The van der Waals surface area contributed by atoms with Crippen LogP contribution in [0, 0.1) is 0 Å². The van der Waals surface area contributed by atoms with Crippen molar-refractivity contribution in [1.29, 1.82) is 0 Å². The van der Waals surface area contributed by atoms with Crippen molar-refractivity contribution < 1.29 is 0 Å². The van der Waals surface area contributed by atoms with Crippen molar-refractivity contribution in [2.24, 2.45) is 0 Å². The first-order valence-electron chi connectivity index (χ1n) is 4.85. The van der Waals surface area contributed by atoms with Gasteiger partial charge in [0.15, 0.2) is 0 Å². The van der Waals surface area contributed by atoms with Gasteiger partial charge in [0, 0.05) is 36.3 Å². The lowest BCUT2D eigenvalue weighted by Crippen LogP contribution is -2.49. The van der Waals surface area contributed by atoms with Crippen LogP contribution in [0.3, 0.4) is 0 Å². The number of piperazine rings is 1. The average Bonchev–Trinajstić information content (AvgIpc) is 2.19. The molecule has 2 rings (SSSR count). The van der Waals surface area contributed by atoms with Crippen LogP contribution >= 0.6 is 40.7 Å². The molecule has 1 aromatic heterocycles. The van der Waals surface area contributed by atoms with E-state index in [9.17, 15) is 0 Å². The van der Waals surface area contributed by atoms with E-state index in [1.807, 2.05) is 12.3 Å². The van der Waals surface area contributed by atoms with Gasteiger partial charge in [-0.05, 0) is 35.0 Å². The SMILES string of the molecule is C[C@@H]1CN(c2ccc(Br)cn2)CCN1.Cl.Cl. The van der Waals surface area contributed by atoms with Gasteiger partial charge in [-0.3, -0.25) is 0 Å². The van der Waals surface area contributed by atoms with E-state index in [-0.39, 0.29) is 24.8 Å². The fraction of sp³-hybridized carbons (Fsp3) is 0.500. The topological polar surface area (TPSA) is 28.2 Å². The smallest absolute Gasteiger partial charge is 0.128 e. The molecule has 0 aromatic carbocycles. The molecule has 92 valence electrons. The predicted molar refractivity (Wildman–Crippen MR) is 76.1 cm³/mol. The Kier molecular flexibility index (Phi) is 7.31. The highest BCUT2D eigenvalue weighted by Crippen LogP contribution is 2.15. The molecule has 16 heavy (non-hydrogen) atoms. The first-order chi connectivity index (χ1) is 6.75. The molecule has 0 radical (unpaired) electrons. The molecule has 1 aromatic rings. The molecule has 3 nitrogen and oxygen atoms in total. The van der Waals surface area contributed by atoms with Crippen LogP contribution in [0.5, 0.6) is 0 Å². The molecule has 1 aliphatic heterocycles. The Balaban J connectivity index is 0.00000112. The van der Waals surface area contributed by atoms with Gasteiger partial charge < -0.3 is 10.2 Å². The monoisotopic (exact) mass is 327 g/mol. The number of nitrogens with one attached hydrogen (secondary N) is 1.